The molecule has 3 rings (SSSR count). The lowest BCUT2D eigenvalue weighted by atomic mass is 10.1. The Bertz CT molecular complexity index is 781. The van der Waals surface area contributed by atoms with Crippen molar-refractivity contribution in [2.45, 2.75) is 0 Å². The lowest BCUT2D eigenvalue weighted by molar-refractivity contribution is 0.0599. The van der Waals surface area contributed by atoms with Crippen LogP contribution in [0.25, 0.3) is 0 Å². The first kappa shape index (κ1) is 17.8. The van der Waals surface area contributed by atoms with Crippen LogP contribution >= 0.6 is 0 Å². The van der Waals surface area contributed by atoms with Crippen molar-refractivity contribution in [3.05, 3.63) is 59.7 Å². The van der Waals surface area contributed by atoms with Gasteiger partial charge in [0, 0.05) is 43.5 Å². The maximum Gasteiger partial charge on any atom is 0.337 e. The molecule has 6 nitrogen and oxygen atoms in total. The average molecular weight is 354 g/mol. The molecule has 26 heavy (non-hydrogen) atoms. The Balaban J connectivity index is 1.62. The highest BCUT2D eigenvalue weighted by Crippen LogP contribution is 2.22. The number of hydrogen-bond acceptors (Lipinski definition) is 5. The Morgan fingerprint density at radius 2 is 1.54 bits per heavy atom. The summed E-state index contributed by atoms with van der Waals surface area (Å²) in [5.41, 5.74) is 2.11. The monoisotopic (exact) mass is 354 g/mol. The molecule has 0 bridgehead atoms. The summed E-state index contributed by atoms with van der Waals surface area (Å²) in [5.74, 6) is 0.398. The number of carbonyl (C=O) groups excluding carboxylic acids is 2. The highest BCUT2D eigenvalue weighted by atomic mass is 16.5. The SMILES string of the molecule is COC(=O)c1ccc(C(=O)N2CCN(c3cccc(OC)c3)CC2)cc1. The average Bonchev–Trinajstić information content (AvgIpc) is 2.73. The Hall–Kier alpha value is -3.02. The number of carbonyl (C=O) groups is 2. The van der Waals surface area contributed by atoms with Crippen LogP contribution in [0.2, 0.25) is 0 Å². The Kier molecular flexibility index (Phi) is 5.41. The number of ether oxygens (including phenoxy) is 2. The fourth-order valence-corrected chi connectivity index (χ4v) is 3.02. The smallest absolute Gasteiger partial charge is 0.337 e. The van der Waals surface area contributed by atoms with E-state index in [1.54, 1.807) is 31.4 Å². The van der Waals surface area contributed by atoms with Crippen LogP contribution < -0.4 is 9.64 Å². The largest absolute Gasteiger partial charge is 0.497 e. The molecule has 0 unspecified atom stereocenters. The molecule has 0 radical (unpaired) electrons. The van der Waals surface area contributed by atoms with Crippen LogP contribution in [-0.4, -0.2) is 57.2 Å². The van der Waals surface area contributed by atoms with Crippen LogP contribution in [-0.2, 0) is 4.74 Å². The van der Waals surface area contributed by atoms with Crippen molar-refractivity contribution in [2.24, 2.45) is 0 Å². The van der Waals surface area contributed by atoms with Gasteiger partial charge in [0.15, 0.2) is 0 Å². The van der Waals surface area contributed by atoms with Gasteiger partial charge in [-0.2, -0.15) is 0 Å². The molecule has 2 aromatic rings. The van der Waals surface area contributed by atoms with Crippen LogP contribution in [0.4, 0.5) is 5.69 Å². The Labute approximate surface area is 152 Å². The number of methoxy groups -OCH3 is 2. The summed E-state index contributed by atoms with van der Waals surface area (Å²) in [6, 6.07) is 14.5. The van der Waals surface area contributed by atoms with Gasteiger partial charge in [0.05, 0.1) is 19.8 Å². The van der Waals surface area contributed by atoms with Gasteiger partial charge < -0.3 is 19.3 Å². The first-order valence-electron chi connectivity index (χ1n) is 8.49. The van der Waals surface area contributed by atoms with Crippen molar-refractivity contribution < 1.29 is 19.1 Å². The predicted molar refractivity (Wildman–Crippen MR) is 98.9 cm³/mol. The fraction of sp³-hybridized carbons (Fsp3) is 0.300. The van der Waals surface area contributed by atoms with Crippen molar-refractivity contribution in [2.75, 3.05) is 45.3 Å². The van der Waals surface area contributed by atoms with Gasteiger partial charge in [0.1, 0.15) is 5.75 Å². The molecule has 0 saturated carbocycles. The summed E-state index contributed by atoms with van der Waals surface area (Å²) >= 11 is 0. The van der Waals surface area contributed by atoms with E-state index < -0.39 is 5.97 Å². The first-order chi connectivity index (χ1) is 12.6. The van der Waals surface area contributed by atoms with Gasteiger partial charge in [-0.05, 0) is 36.4 Å². The predicted octanol–water partition coefficient (Wildman–Crippen LogP) is 2.44. The summed E-state index contributed by atoms with van der Waals surface area (Å²) in [6.45, 7) is 2.82. The Morgan fingerprint density at radius 1 is 0.885 bits per heavy atom. The van der Waals surface area contributed by atoms with E-state index in [4.69, 9.17) is 4.74 Å². The van der Waals surface area contributed by atoms with Crippen molar-refractivity contribution in [3.63, 3.8) is 0 Å². The summed E-state index contributed by atoms with van der Waals surface area (Å²) in [7, 11) is 2.99. The number of piperazine rings is 1. The van der Waals surface area contributed by atoms with E-state index in [2.05, 4.69) is 9.64 Å². The van der Waals surface area contributed by atoms with Crippen LogP contribution in [0.5, 0.6) is 5.75 Å². The minimum atomic E-state index is -0.407. The lowest BCUT2D eigenvalue weighted by Gasteiger charge is -2.36. The summed E-state index contributed by atoms with van der Waals surface area (Å²) in [6.07, 6.45) is 0. The first-order valence-corrected chi connectivity index (χ1v) is 8.49. The summed E-state index contributed by atoms with van der Waals surface area (Å²) < 4.78 is 9.95. The van der Waals surface area contributed by atoms with E-state index in [9.17, 15) is 9.59 Å². The molecule has 1 heterocycles. The zero-order valence-electron chi connectivity index (χ0n) is 15.0. The molecule has 1 aliphatic rings. The van der Waals surface area contributed by atoms with Gasteiger partial charge in [0.2, 0.25) is 0 Å². The maximum absolute atomic E-state index is 12.7. The molecule has 0 spiro atoms. The second-order valence-electron chi connectivity index (χ2n) is 6.05. The van der Waals surface area contributed by atoms with E-state index in [-0.39, 0.29) is 5.91 Å². The number of benzene rings is 2. The zero-order valence-corrected chi connectivity index (χ0v) is 15.0. The number of amides is 1. The molecular weight excluding hydrogens is 332 g/mol. The van der Waals surface area contributed by atoms with Crippen LogP contribution in [0.3, 0.4) is 0 Å². The van der Waals surface area contributed by atoms with Gasteiger partial charge in [-0.1, -0.05) is 6.07 Å². The zero-order chi connectivity index (χ0) is 18.5. The number of rotatable bonds is 4. The number of esters is 1. The molecule has 0 atom stereocenters. The third-order valence-corrected chi connectivity index (χ3v) is 4.54. The second kappa shape index (κ2) is 7.91. The quantitative estimate of drug-likeness (QED) is 0.790. The molecule has 2 aromatic carbocycles. The van der Waals surface area contributed by atoms with Crippen molar-refractivity contribution in [1.82, 2.24) is 4.90 Å². The van der Waals surface area contributed by atoms with Crippen LogP contribution in [0, 0.1) is 0 Å². The van der Waals surface area contributed by atoms with Gasteiger partial charge in [-0.15, -0.1) is 0 Å². The molecule has 1 aliphatic heterocycles. The normalized spacial score (nSPS) is 14.1. The minimum absolute atomic E-state index is 0.0216. The minimum Gasteiger partial charge on any atom is -0.497 e. The van der Waals surface area contributed by atoms with Gasteiger partial charge in [-0.3, -0.25) is 4.79 Å². The second-order valence-corrected chi connectivity index (χ2v) is 6.05. The Morgan fingerprint density at radius 3 is 2.15 bits per heavy atom. The highest BCUT2D eigenvalue weighted by Gasteiger charge is 2.22. The summed E-state index contributed by atoms with van der Waals surface area (Å²) in [5, 5.41) is 0. The number of anilines is 1. The van der Waals surface area contributed by atoms with Crippen molar-refractivity contribution in [3.8, 4) is 5.75 Å². The molecule has 1 amide bonds. The van der Waals surface area contributed by atoms with Crippen LogP contribution in [0.1, 0.15) is 20.7 Å². The van der Waals surface area contributed by atoms with Crippen molar-refractivity contribution >= 4 is 17.6 Å². The third kappa shape index (κ3) is 3.79. The standard InChI is InChI=1S/C20H22N2O4/c1-25-18-5-3-4-17(14-18)21-10-12-22(13-11-21)19(23)15-6-8-16(9-7-15)20(24)26-2/h3-9,14H,10-13H2,1-2H3. The van der Waals surface area contributed by atoms with Crippen molar-refractivity contribution in [1.29, 1.82) is 0 Å². The number of nitrogens with zero attached hydrogens (tertiary/aromatic N) is 2. The molecule has 1 fully saturated rings. The van der Waals surface area contributed by atoms with Gasteiger partial charge >= 0.3 is 5.97 Å². The molecule has 6 heteroatoms. The lowest BCUT2D eigenvalue weighted by Crippen LogP contribution is -2.48. The van der Waals surface area contributed by atoms with E-state index in [0.717, 1.165) is 24.5 Å². The van der Waals surface area contributed by atoms with E-state index in [1.165, 1.54) is 7.11 Å². The third-order valence-electron chi connectivity index (χ3n) is 4.54. The maximum atomic E-state index is 12.7. The van der Waals surface area contributed by atoms with E-state index in [0.29, 0.717) is 24.2 Å². The molecule has 0 aliphatic carbocycles. The molecule has 1 saturated heterocycles. The topological polar surface area (TPSA) is 59.1 Å². The molecule has 0 aromatic heterocycles. The van der Waals surface area contributed by atoms with E-state index in [1.807, 2.05) is 29.2 Å². The van der Waals surface area contributed by atoms with E-state index >= 15 is 0 Å². The molecule has 0 N–H and O–H groups in total. The van der Waals surface area contributed by atoms with Gasteiger partial charge in [0.25, 0.3) is 5.91 Å². The number of hydrogen-bond donors (Lipinski definition) is 0. The highest BCUT2D eigenvalue weighted by molar-refractivity contribution is 5.96. The summed E-state index contributed by atoms with van der Waals surface area (Å²) in [4.78, 5) is 28.2. The van der Waals surface area contributed by atoms with Crippen LogP contribution in [0.15, 0.2) is 48.5 Å². The fourth-order valence-electron chi connectivity index (χ4n) is 3.02. The molecule has 136 valence electrons. The van der Waals surface area contributed by atoms with Gasteiger partial charge in [-0.25, -0.2) is 4.79 Å². The molecular formula is C20H22N2O4.